The van der Waals surface area contributed by atoms with Gasteiger partial charge in [-0.05, 0) is 17.7 Å². The van der Waals surface area contributed by atoms with Crippen LogP contribution in [0.4, 0.5) is 0 Å². The maximum absolute atomic E-state index is 11.3. The molecule has 2 N–H and O–H groups in total. The van der Waals surface area contributed by atoms with Crippen LogP contribution >= 0.6 is 0 Å². The van der Waals surface area contributed by atoms with Gasteiger partial charge < -0.3 is 10.3 Å². The van der Waals surface area contributed by atoms with Crippen molar-refractivity contribution in [2.45, 2.75) is 13.5 Å². The minimum Gasteiger partial charge on any atom is -0.361 e. The highest BCUT2D eigenvalue weighted by molar-refractivity contribution is 7.84. The van der Waals surface area contributed by atoms with Crippen LogP contribution in [0.3, 0.4) is 0 Å². The first-order valence-corrected chi connectivity index (χ1v) is 7.40. The van der Waals surface area contributed by atoms with E-state index in [-0.39, 0.29) is 0 Å². The first-order chi connectivity index (χ1) is 8.31. The van der Waals surface area contributed by atoms with Crippen LogP contribution in [0, 0.1) is 0 Å². The molecule has 17 heavy (non-hydrogen) atoms. The van der Waals surface area contributed by atoms with E-state index < -0.39 is 10.8 Å². The van der Waals surface area contributed by atoms with Gasteiger partial charge in [0.2, 0.25) is 0 Å². The summed E-state index contributed by atoms with van der Waals surface area (Å²) in [5.74, 6) is 1.48. The molecule has 0 bridgehead atoms. The lowest BCUT2D eigenvalue weighted by Crippen LogP contribution is -2.20. The molecule has 0 saturated heterocycles. The maximum atomic E-state index is 11.3. The molecule has 0 spiro atoms. The van der Waals surface area contributed by atoms with Gasteiger partial charge >= 0.3 is 0 Å². The fraction of sp³-hybridized carbons (Fsp3) is 0.385. The molecule has 0 amide bonds. The third-order valence-corrected chi connectivity index (χ3v) is 4.13. The van der Waals surface area contributed by atoms with E-state index in [1.807, 2.05) is 13.1 Å². The molecule has 2 rings (SSSR count). The molecule has 2 aromatic rings. The van der Waals surface area contributed by atoms with E-state index in [4.69, 9.17) is 0 Å². The Balaban J connectivity index is 1.91. The number of rotatable bonds is 6. The molecule has 1 unspecified atom stereocenters. The standard InChI is InChI=1S/C13H18N2OS/c1-2-17(16)9-8-14-10-11-4-3-5-13-12(11)6-7-15-13/h3-7,14-15H,2,8-10H2,1H3. The van der Waals surface area contributed by atoms with E-state index in [0.29, 0.717) is 0 Å². The summed E-state index contributed by atoms with van der Waals surface area (Å²) in [6.45, 7) is 3.59. The summed E-state index contributed by atoms with van der Waals surface area (Å²) in [7, 11) is -0.673. The summed E-state index contributed by atoms with van der Waals surface area (Å²) < 4.78 is 11.3. The number of nitrogens with one attached hydrogen (secondary N) is 2. The lowest BCUT2D eigenvalue weighted by atomic mass is 10.1. The van der Waals surface area contributed by atoms with E-state index >= 15 is 0 Å². The predicted molar refractivity (Wildman–Crippen MR) is 73.6 cm³/mol. The normalized spacial score (nSPS) is 13.0. The molecule has 0 fully saturated rings. The van der Waals surface area contributed by atoms with Crippen LogP contribution in [-0.2, 0) is 17.3 Å². The van der Waals surface area contributed by atoms with Crippen LogP contribution in [0.2, 0.25) is 0 Å². The van der Waals surface area contributed by atoms with Gasteiger partial charge in [0.15, 0.2) is 0 Å². The third-order valence-electron chi connectivity index (χ3n) is 2.83. The number of hydrogen-bond donors (Lipinski definition) is 2. The zero-order chi connectivity index (χ0) is 12.1. The Morgan fingerprint density at radius 3 is 3.06 bits per heavy atom. The molecule has 1 atom stereocenters. The van der Waals surface area contributed by atoms with Crippen LogP contribution in [0.15, 0.2) is 30.5 Å². The first kappa shape index (κ1) is 12.3. The first-order valence-electron chi connectivity index (χ1n) is 5.92. The second-order valence-corrected chi connectivity index (χ2v) is 5.83. The van der Waals surface area contributed by atoms with Crippen molar-refractivity contribution in [2.24, 2.45) is 0 Å². The van der Waals surface area contributed by atoms with Gasteiger partial charge in [-0.25, -0.2) is 0 Å². The molecule has 0 saturated carbocycles. The molecule has 1 aromatic carbocycles. The molecule has 0 aliphatic heterocycles. The molecule has 3 nitrogen and oxygen atoms in total. The Morgan fingerprint density at radius 2 is 2.24 bits per heavy atom. The summed E-state index contributed by atoms with van der Waals surface area (Å²) >= 11 is 0. The number of H-pyrrole nitrogens is 1. The predicted octanol–water partition coefficient (Wildman–Crippen LogP) is 2.03. The van der Waals surface area contributed by atoms with Crippen LogP contribution in [-0.4, -0.2) is 27.2 Å². The summed E-state index contributed by atoms with van der Waals surface area (Å²) in [4.78, 5) is 3.20. The average molecular weight is 250 g/mol. The van der Waals surface area contributed by atoms with Crippen molar-refractivity contribution in [2.75, 3.05) is 18.1 Å². The molecule has 0 aliphatic rings. The average Bonchev–Trinajstić information content (AvgIpc) is 2.83. The van der Waals surface area contributed by atoms with Gasteiger partial charge in [-0.2, -0.15) is 0 Å². The summed E-state index contributed by atoms with van der Waals surface area (Å²) in [5.41, 5.74) is 2.45. The Kier molecular flexibility index (Phi) is 4.34. The monoisotopic (exact) mass is 250 g/mol. The second kappa shape index (κ2) is 5.98. The summed E-state index contributed by atoms with van der Waals surface area (Å²) in [6.07, 6.45) is 1.96. The smallest absolute Gasteiger partial charge is 0.0457 e. The van der Waals surface area contributed by atoms with E-state index in [2.05, 4.69) is 34.6 Å². The molecule has 1 aromatic heterocycles. The number of aromatic nitrogens is 1. The van der Waals surface area contributed by atoms with Crippen molar-refractivity contribution in [1.29, 1.82) is 0 Å². The van der Waals surface area contributed by atoms with Crippen LogP contribution in [0.25, 0.3) is 10.9 Å². The highest BCUT2D eigenvalue weighted by atomic mass is 32.2. The van der Waals surface area contributed by atoms with Gasteiger partial charge in [0, 0.05) is 52.5 Å². The van der Waals surface area contributed by atoms with Crippen molar-refractivity contribution < 1.29 is 4.21 Å². The molecule has 92 valence electrons. The number of aromatic amines is 1. The lowest BCUT2D eigenvalue weighted by Gasteiger charge is -2.05. The summed E-state index contributed by atoms with van der Waals surface area (Å²) in [5, 5.41) is 4.60. The quantitative estimate of drug-likeness (QED) is 0.770. The Morgan fingerprint density at radius 1 is 1.35 bits per heavy atom. The van der Waals surface area contributed by atoms with Crippen LogP contribution in [0.5, 0.6) is 0 Å². The Bertz CT molecular complexity index is 507. The third kappa shape index (κ3) is 3.17. The largest absolute Gasteiger partial charge is 0.361 e. The van der Waals surface area contributed by atoms with Crippen molar-refractivity contribution in [1.82, 2.24) is 10.3 Å². The van der Waals surface area contributed by atoms with Crippen molar-refractivity contribution in [3.8, 4) is 0 Å². The molecule has 0 radical (unpaired) electrons. The van der Waals surface area contributed by atoms with Gasteiger partial charge in [-0.3, -0.25) is 4.21 Å². The number of hydrogen-bond acceptors (Lipinski definition) is 2. The fourth-order valence-corrected chi connectivity index (χ4v) is 2.52. The molecule has 1 heterocycles. The lowest BCUT2D eigenvalue weighted by molar-refractivity contribution is 0.674. The van der Waals surface area contributed by atoms with Crippen LogP contribution < -0.4 is 5.32 Å². The Labute approximate surface area is 104 Å². The highest BCUT2D eigenvalue weighted by Crippen LogP contribution is 2.16. The number of fused-ring (bicyclic) bond motifs is 1. The highest BCUT2D eigenvalue weighted by Gasteiger charge is 2.01. The van der Waals surface area contributed by atoms with Crippen LogP contribution in [0.1, 0.15) is 12.5 Å². The van der Waals surface area contributed by atoms with Gasteiger partial charge in [0.1, 0.15) is 0 Å². The minimum atomic E-state index is -0.673. The van der Waals surface area contributed by atoms with Crippen molar-refractivity contribution in [3.05, 3.63) is 36.0 Å². The van der Waals surface area contributed by atoms with E-state index in [9.17, 15) is 4.21 Å². The van der Waals surface area contributed by atoms with E-state index in [1.165, 1.54) is 16.5 Å². The second-order valence-electron chi connectivity index (χ2n) is 3.97. The topological polar surface area (TPSA) is 44.9 Å². The minimum absolute atomic E-state index is 0.673. The molecule has 0 aliphatic carbocycles. The molecule has 4 heteroatoms. The van der Waals surface area contributed by atoms with Gasteiger partial charge in [0.05, 0.1) is 0 Å². The fourth-order valence-electron chi connectivity index (χ4n) is 1.86. The zero-order valence-electron chi connectivity index (χ0n) is 10.0. The van der Waals surface area contributed by atoms with Crippen molar-refractivity contribution >= 4 is 21.7 Å². The molecular formula is C13H18N2OS. The summed E-state index contributed by atoms with van der Waals surface area (Å²) in [6, 6.07) is 8.35. The Hall–Kier alpha value is -1.13. The number of benzene rings is 1. The van der Waals surface area contributed by atoms with Gasteiger partial charge in [0.25, 0.3) is 0 Å². The van der Waals surface area contributed by atoms with Crippen molar-refractivity contribution in [3.63, 3.8) is 0 Å². The van der Waals surface area contributed by atoms with Gasteiger partial charge in [-0.15, -0.1) is 0 Å². The SMILES string of the molecule is CCS(=O)CCNCc1cccc2[nH]ccc12. The molecular weight excluding hydrogens is 232 g/mol. The zero-order valence-corrected chi connectivity index (χ0v) is 10.8. The van der Waals surface area contributed by atoms with E-state index in [1.54, 1.807) is 0 Å². The van der Waals surface area contributed by atoms with Gasteiger partial charge in [-0.1, -0.05) is 19.1 Å². The maximum Gasteiger partial charge on any atom is 0.0457 e. The van der Waals surface area contributed by atoms with E-state index in [0.717, 1.165) is 24.6 Å².